The number of fused-ring (bicyclic) bond motifs is 2. The average Bonchev–Trinajstić information content (AvgIpc) is 2.58. The summed E-state index contributed by atoms with van der Waals surface area (Å²) in [6.45, 7) is 8.26. The van der Waals surface area contributed by atoms with Crippen molar-refractivity contribution in [1.82, 2.24) is 4.98 Å². The van der Waals surface area contributed by atoms with Gasteiger partial charge < -0.3 is 0 Å². The zero-order valence-electron chi connectivity index (χ0n) is 15.4. The highest BCUT2D eigenvalue weighted by atomic mass is 35.5. The molecule has 0 saturated carbocycles. The first kappa shape index (κ1) is 18.5. The molecule has 0 fully saturated rings. The molecule has 2 heterocycles. The summed E-state index contributed by atoms with van der Waals surface area (Å²) in [6.07, 6.45) is 1.84. The summed E-state index contributed by atoms with van der Waals surface area (Å²) in [5.41, 5.74) is 3.46. The van der Waals surface area contributed by atoms with Crippen LogP contribution in [0.1, 0.15) is 44.4 Å². The van der Waals surface area contributed by atoms with E-state index in [0.717, 1.165) is 33.3 Å². The van der Waals surface area contributed by atoms with Crippen LogP contribution in [0, 0.1) is 5.82 Å². The molecule has 0 unspecified atom stereocenters. The largest absolute Gasteiger partial charge is 0.277 e. The van der Waals surface area contributed by atoms with Crippen molar-refractivity contribution in [3.63, 3.8) is 0 Å². The Kier molecular flexibility index (Phi) is 4.40. The van der Waals surface area contributed by atoms with Gasteiger partial charge in [-0.05, 0) is 32.0 Å². The molecule has 2 nitrogen and oxygen atoms in total. The van der Waals surface area contributed by atoms with Gasteiger partial charge in [-0.1, -0.05) is 44.2 Å². The van der Waals surface area contributed by atoms with E-state index >= 15 is 0 Å². The van der Waals surface area contributed by atoms with Gasteiger partial charge in [0.15, 0.2) is 0 Å². The van der Waals surface area contributed by atoms with Crippen LogP contribution in [0.5, 0.6) is 0 Å². The molecule has 1 aliphatic rings. The van der Waals surface area contributed by atoms with Gasteiger partial charge in [-0.25, -0.2) is 4.39 Å². The van der Waals surface area contributed by atoms with Gasteiger partial charge >= 0.3 is 0 Å². The molecule has 0 amide bonds. The monoisotopic (exact) mass is 368 g/mol. The lowest BCUT2D eigenvalue weighted by Gasteiger charge is -2.44. The number of para-hydroxylation sites is 1. The van der Waals surface area contributed by atoms with Crippen molar-refractivity contribution in [1.29, 1.82) is 0 Å². The second-order valence-corrected chi connectivity index (χ2v) is 7.72. The molecule has 1 aromatic heterocycles. The minimum absolute atomic E-state index is 0. The summed E-state index contributed by atoms with van der Waals surface area (Å²) in [5.74, 6) is -0.170. The summed E-state index contributed by atoms with van der Waals surface area (Å²) in [4.78, 5) is 9.60. The Labute approximate surface area is 159 Å². The minimum atomic E-state index is -0.427. The lowest BCUT2D eigenvalue weighted by atomic mass is 9.65. The summed E-state index contributed by atoms with van der Waals surface area (Å²) < 4.78 is 14.8. The van der Waals surface area contributed by atoms with Crippen LogP contribution < -0.4 is 0 Å². The Hall–Kier alpha value is -2.26. The van der Waals surface area contributed by atoms with Gasteiger partial charge in [0.1, 0.15) is 5.82 Å². The van der Waals surface area contributed by atoms with E-state index in [2.05, 4.69) is 38.7 Å². The van der Waals surface area contributed by atoms with Crippen LogP contribution in [0.25, 0.3) is 10.9 Å². The SMILES string of the molecule is CC1(C)N=C(c2cnc3ccccc3c2)c2cccc(F)c2C1(C)C.Cl. The molecule has 3 aromatic rings. The standard InChI is InChI=1S/C22H21FN2.ClH/c1-21(2)19-16(9-7-10-17(19)23)20(25-22(21,3)4)15-12-14-8-5-6-11-18(14)24-13-15;/h5-13H,1-4H3;1H. The lowest BCUT2D eigenvalue weighted by Crippen LogP contribution is -2.46. The second kappa shape index (κ2) is 6.17. The Balaban J connectivity index is 0.00000196. The third kappa shape index (κ3) is 2.62. The fourth-order valence-corrected chi connectivity index (χ4v) is 3.56. The molecular weight excluding hydrogens is 347 g/mol. The molecule has 0 spiro atoms. The quantitative estimate of drug-likeness (QED) is 0.540. The number of hydrogen-bond acceptors (Lipinski definition) is 2. The molecule has 0 N–H and O–H groups in total. The lowest BCUT2D eigenvalue weighted by molar-refractivity contribution is 0.293. The van der Waals surface area contributed by atoms with Crippen LogP contribution in [0.4, 0.5) is 4.39 Å². The van der Waals surface area contributed by atoms with E-state index in [1.165, 1.54) is 6.07 Å². The van der Waals surface area contributed by atoms with Crippen LogP contribution in [0.3, 0.4) is 0 Å². The zero-order valence-corrected chi connectivity index (χ0v) is 16.2. The third-order valence-electron chi connectivity index (χ3n) is 5.68. The highest BCUT2D eigenvalue weighted by molar-refractivity contribution is 6.15. The van der Waals surface area contributed by atoms with E-state index in [-0.39, 0.29) is 18.2 Å². The van der Waals surface area contributed by atoms with Crippen LogP contribution in [-0.4, -0.2) is 16.2 Å². The Morgan fingerprint density at radius 3 is 2.42 bits per heavy atom. The molecule has 4 heteroatoms. The van der Waals surface area contributed by atoms with Crippen molar-refractivity contribution in [3.8, 4) is 0 Å². The van der Waals surface area contributed by atoms with Crippen LogP contribution in [-0.2, 0) is 5.41 Å². The molecule has 1 aliphatic heterocycles. The smallest absolute Gasteiger partial charge is 0.127 e. The maximum atomic E-state index is 14.8. The minimum Gasteiger partial charge on any atom is -0.277 e. The summed E-state index contributed by atoms with van der Waals surface area (Å²) in [6, 6.07) is 15.3. The molecule has 0 atom stereocenters. The Bertz CT molecular complexity index is 1020. The number of aromatic nitrogens is 1. The number of benzene rings is 2. The fraction of sp³-hybridized carbons (Fsp3) is 0.273. The van der Waals surface area contributed by atoms with Gasteiger partial charge in [0, 0.05) is 33.7 Å². The number of hydrogen-bond donors (Lipinski definition) is 0. The zero-order chi connectivity index (χ0) is 17.8. The number of rotatable bonds is 1. The van der Waals surface area contributed by atoms with Crippen LogP contribution in [0.2, 0.25) is 0 Å². The first-order chi connectivity index (χ1) is 11.8. The molecule has 2 aromatic carbocycles. The normalized spacial score (nSPS) is 17.2. The van der Waals surface area contributed by atoms with E-state index in [0.29, 0.717) is 0 Å². The van der Waals surface area contributed by atoms with Crippen LogP contribution >= 0.6 is 12.4 Å². The van der Waals surface area contributed by atoms with Gasteiger partial charge in [0.05, 0.1) is 16.8 Å². The van der Waals surface area contributed by atoms with Crippen molar-refractivity contribution in [3.05, 3.63) is 77.2 Å². The molecule has 4 rings (SSSR count). The molecule has 0 radical (unpaired) electrons. The molecular formula is C22H22ClFN2. The van der Waals surface area contributed by atoms with Crippen molar-refractivity contribution in [2.45, 2.75) is 38.6 Å². The number of aliphatic imine (C=N–C) groups is 1. The summed E-state index contributed by atoms with van der Waals surface area (Å²) in [7, 11) is 0. The maximum absolute atomic E-state index is 14.8. The first-order valence-electron chi connectivity index (χ1n) is 8.56. The van der Waals surface area contributed by atoms with Crippen molar-refractivity contribution in [2.24, 2.45) is 4.99 Å². The highest BCUT2D eigenvalue weighted by Gasteiger charge is 2.45. The van der Waals surface area contributed by atoms with Gasteiger partial charge in [-0.3, -0.25) is 9.98 Å². The van der Waals surface area contributed by atoms with Gasteiger partial charge in [0.2, 0.25) is 0 Å². The Morgan fingerprint density at radius 2 is 1.65 bits per heavy atom. The van der Waals surface area contributed by atoms with Crippen molar-refractivity contribution in [2.75, 3.05) is 0 Å². The van der Waals surface area contributed by atoms with Crippen molar-refractivity contribution >= 4 is 29.0 Å². The highest BCUT2D eigenvalue weighted by Crippen LogP contribution is 2.45. The summed E-state index contributed by atoms with van der Waals surface area (Å²) >= 11 is 0. The molecule has 0 aliphatic carbocycles. The first-order valence-corrected chi connectivity index (χ1v) is 8.56. The molecule has 134 valence electrons. The van der Waals surface area contributed by atoms with E-state index in [1.54, 1.807) is 6.07 Å². The van der Waals surface area contributed by atoms with E-state index in [4.69, 9.17) is 4.99 Å². The predicted octanol–water partition coefficient (Wildman–Crippen LogP) is 5.70. The number of nitrogens with zero attached hydrogens (tertiary/aromatic N) is 2. The van der Waals surface area contributed by atoms with Crippen molar-refractivity contribution < 1.29 is 4.39 Å². The fourth-order valence-electron chi connectivity index (χ4n) is 3.56. The third-order valence-corrected chi connectivity index (χ3v) is 5.68. The van der Waals surface area contributed by atoms with Gasteiger partial charge in [0.25, 0.3) is 0 Å². The van der Waals surface area contributed by atoms with E-state index < -0.39 is 11.0 Å². The second-order valence-electron chi connectivity index (χ2n) is 7.72. The molecule has 0 saturated heterocycles. The van der Waals surface area contributed by atoms with Crippen LogP contribution in [0.15, 0.2) is 59.7 Å². The maximum Gasteiger partial charge on any atom is 0.127 e. The van der Waals surface area contributed by atoms with E-state index in [1.807, 2.05) is 36.5 Å². The predicted molar refractivity (Wildman–Crippen MR) is 108 cm³/mol. The molecule has 26 heavy (non-hydrogen) atoms. The average molecular weight is 369 g/mol. The van der Waals surface area contributed by atoms with Gasteiger partial charge in [-0.2, -0.15) is 0 Å². The number of pyridine rings is 1. The topological polar surface area (TPSA) is 25.2 Å². The van der Waals surface area contributed by atoms with E-state index in [9.17, 15) is 4.39 Å². The number of halogens is 2. The Morgan fingerprint density at radius 1 is 0.923 bits per heavy atom. The molecule has 0 bridgehead atoms. The van der Waals surface area contributed by atoms with Gasteiger partial charge in [-0.15, -0.1) is 12.4 Å². The summed E-state index contributed by atoms with van der Waals surface area (Å²) in [5, 5.41) is 1.06.